The van der Waals surface area contributed by atoms with Crippen molar-refractivity contribution in [3.63, 3.8) is 0 Å². The summed E-state index contributed by atoms with van der Waals surface area (Å²) in [5.74, 6) is -2.94. The second-order valence-electron chi connectivity index (χ2n) is 10.4. The van der Waals surface area contributed by atoms with E-state index >= 15 is 0 Å². The maximum absolute atomic E-state index is 14.2. The molecule has 2 heterocycles. The van der Waals surface area contributed by atoms with E-state index < -0.39 is 85.1 Å². The normalized spacial score (nSPS) is 25.4. The van der Waals surface area contributed by atoms with Gasteiger partial charge < -0.3 is 24.2 Å². The Morgan fingerprint density at radius 1 is 1.25 bits per heavy atom. The van der Waals surface area contributed by atoms with Gasteiger partial charge in [-0.15, -0.1) is 0 Å². The van der Waals surface area contributed by atoms with Crippen LogP contribution in [0.2, 0.25) is 0 Å². The van der Waals surface area contributed by atoms with Gasteiger partial charge in [0.25, 0.3) is 5.56 Å². The lowest BCUT2D eigenvalue weighted by molar-refractivity contribution is -0.151. The van der Waals surface area contributed by atoms with Crippen molar-refractivity contribution in [1.82, 2.24) is 9.55 Å². The Hall–Kier alpha value is -2.90. The van der Waals surface area contributed by atoms with Crippen molar-refractivity contribution in [1.29, 1.82) is 0 Å². The first-order valence-corrected chi connectivity index (χ1v) is 14.1. The average molecular weight is 591 g/mol. The van der Waals surface area contributed by atoms with Gasteiger partial charge in [-0.2, -0.15) is 4.39 Å². The van der Waals surface area contributed by atoms with E-state index in [9.17, 15) is 37.9 Å². The number of rotatable bonds is 11. The Bertz CT molecular complexity index is 1370. The Balaban J connectivity index is 1.98. The molecule has 3 N–H and O–H groups in total. The molecule has 0 bridgehead atoms. The first kappa shape index (κ1) is 31.6. The number of ether oxygens (including phenoxy) is 2. The van der Waals surface area contributed by atoms with E-state index in [4.69, 9.17) is 18.5 Å². The zero-order chi connectivity index (χ0) is 30.0. The molecule has 0 radical (unpaired) electrons. The van der Waals surface area contributed by atoms with E-state index in [0.29, 0.717) is 10.8 Å². The van der Waals surface area contributed by atoms with Crippen LogP contribution in [0.4, 0.5) is 8.78 Å². The molecule has 0 amide bonds. The van der Waals surface area contributed by atoms with E-state index in [1.165, 1.54) is 32.9 Å². The number of nitrogens with zero attached hydrogens (tertiary/aromatic N) is 1. The summed E-state index contributed by atoms with van der Waals surface area (Å²) in [5, 5.41) is 22.0. The van der Waals surface area contributed by atoms with Gasteiger partial charge >= 0.3 is 19.3 Å². The molecule has 12 nitrogen and oxygen atoms in total. The number of hydrogen-bond acceptors (Lipinski definition) is 10. The summed E-state index contributed by atoms with van der Waals surface area (Å²) in [7, 11) is -4.30. The van der Waals surface area contributed by atoms with Crippen molar-refractivity contribution in [2.24, 2.45) is 5.92 Å². The van der Waals surface area contributed by atoms with Gasteiger partial charge in [0.2, 0.25) is 5.82 Å². The summed E-state index contributed by atoms with van der Waals surface area (Å²) in [4.78, 5) is 38.0. The van der Waals surface area contributed by atoms with Crippen molar-refractivity contribution in [3.05, 3.63) is 63.2 Å². The van der Waals surface area contributed by atoms with Crippen molar-refractivity contribution in [2.45, 2.75) is 70.4 Å². The number of aliphatic hydroxyl groups is 2. The predicted molar refractivity (Wildman–Crippen MR) is 137 cm³/mol. The number of H-pyrrole nitrogens is 1. The number of carbonyl (C=O) groups is 1. The third kappa shape index (κ3) is 6.69. The van der Waals surface area contributed by atoms with Crippen LogP contribution in [0, 0.1) is 11.7 Å². The van der Waals surface area contributed by atoms with Crippen LogP contribution in [0.1, 0.15) is 40.8 Å². The lowest BCUT2D eigenvalue weighted by Gasteiger charge is -2.36. The lowest BCUT2D eigenvalue weighted by Crippen LogP contribution is -2.54. The van der Waals surface area contributed by atoms with Gasteiger partial charge in [0.1, 0.15) is 30.2 Å². The van der Waals surface area contributed by atoms with Crippen LogP contribution in [-0.4, -0.2) is 68.1 Å². The van der Waals surface area contributed by atoms with Crippen molar-refractivity contribution in [3.8, 4) is 5.75 Å². The predicted octanol–water partition coefficient (Wildman–Crippen LogP) is 2.29. The molecule has 2 aromatic rings. The van der Waals surface area contributed by atoms with E-state index in [1.807, 2.05) is 0 Å². The second-order valence-corrected chi connectivity index (χ2v) is 12.4. The summed E-state index contributed by atoms with van der Waals surface area (Å²) < 4.78 is 65.1. The van der Waals surface area contributed by atoms with Crippen LogP contribution in [0.5, 0.6) is 5.75 Å². The van der Waals surface area contributed by atoms with Gasteiger partial charge in [-0.3, -0.25) is 23.7 Å². The fraction of sp³-hybridized carbons (Fsp3) is 0.560. The summed E-state index contributed by atoms with van der Waals surface area (Å²) in [5.41, 5.74) is -7.25. The lowest BCUT2D eigenvalue weighted by atomic mass is 9.88. The molecule has 1 fully saturated rings. The minimum absolute atomic E-state index is 0.132. The van der Waals surface area contributed by atoms with Crippen LogP contribution in [0.15, 0.2) is 46.1 Å². The molecule has 1 aliphatic heterocycles. The third-order valence-corrected chi connectivity index (χ3v) is 8.42. The second kappa shape index (κ2) is 11.9. The molecule has 222 valence electrons. The van der Waals surface area contributed by atoms with Crippen LogP contribution in [0.3, 0.4) is 0 Å². The number of aromatic amines is 1. The van der Waals surface area contributed by atoms with Crippen molar-refractivity contribution < 1.29 is 46.9 Å². The molecule has 0 saturated carbocycles. The molecule has 3 rings (SSSR count). The molecule has 6 atom stereocenters. The largest absolute Gasteiger partial charge is 0.463 e. The topological polar surface area (TPSA) is 166 Å². The van der Waals surface area contributed by atoms with Gasteiger partial charge in [-0.05, 0) is 39.8 Å². The Kier molecular flexibility index (Phi) is 9.42. The third-order valence-electron chi connectivity index (χ3n) is 6.19. The monoisotopic (exact) mass is 590 g/mol. The molecule has 1 aromatic heterocycles. The smallest absolute Gasteiger partial charge is 0.380 e. The number of hydrogen-bond donors (Lipinski definition) is 3. The molecule has 1 aromatic carbocycles. The van der Waals surface area contributed by atoms with Gasteiger partial charge in [-0.1, -0.05) is 25.1 Å². The van der Waals surface area contributed by atoms with Gasteiger partial charge in [-0.25, -0.2) is 13.8 Å². The van der Waals surface area contributed by atoms with Crippen molar-refractivity contribution >= 4 is 13.6 Å². The maximum atomic E-state index is 14.2. The van der Waals surface area contributed by atoms with Crippen molar-refractivity contribution in [2.75, 3.05) is 12.8 Å². The minimum Gasteiger partial charge on any atom is -0.463 e. The average Bonchev–Trinajstić information content (AvgIpc) is 3.12. The SMILES string of the molecule is CC(C)OC(=O)[C@H](C)CP(=O)(Oc1ccccc1)OC(C)(C)[C@H]1O[C@@H](n2cc(F)c(=O)[nH]c2=O)C(O)(CF)[C@H]1O. The summed E-state index contributed by atoms with van der Waals surface area (Å²) in [6.07, 6.45) is -6.31. The number of benzene rings is 1. The van der Waals surface area contributed by atoms with Gasteiger partial charge in [0.05, 0.1) is 24.4 Å². The van der Waals surface area contributed by atoms with Crippen LogP contribution in [-0.2, 0) is 23.4 Å². The maximum Gasteiger partial charge on any atom is 0.380 e. The number of halogens is 2. The fourth-order valence-electron chi connectivity index (χ4n) is 4.27. The standard InChI is InChI=1S/C25H33F2N2O10P/c1-14(2)36-21(32)15(3)12-40(35,38-16-9-7-6-8-10-16)39-24(4,5)19-18(30)25(34,13-26)22(37-19)29-11-17(27)20(31)28-23(29)33/h6-11,14-15,18-19,22,30,34H,12-13H2,1-5H3,(H,28,31,33)/t15-,18+,19+,22-,25?,40?/m1/s1. The number of carbonyl (C=O) groups excluding carboxylic acids is 1. The molecular formula is C25H33F2N2O10P. The molecule has 1 aliphatic rings. The Morgan fingerprint density at radius 3 is 2.45 bits per heavy atom. The number of para-hydroxylation sites is 1. The van der Waals surface area contributed by atoms with Crippen LogP contribution < -0.4 is 15.8 Å². The fourth-order valence-corrected chi connectivity index (χ4v) is 6.54. The molecule has 15 heteroatoms. The highest BCUT2D eigenvalue weighted by Crippen LogP contribution is 2.55. The number of nitrogens with one attached hydrogen (secondary N) is 1. The van der Waals surface area contributed by atoms with Crippen LogP contribution in [0.25, 0.3) is 0 Å². The number of aliphatic hydroxyl groups excluding tert-OH is 1. The zero-order valence-corrected chi connectivity index (χ0v) is 23.5. The first-order chi connectivity index (χ1) is 18.5. The molecule has 0 aliphatic carbocycles. The first-order valence-electron chi connectivity index (χ1n) is 12.4. The molecule has 0 spiro atoms. The molecule has 2 unspecified atom stereocenters. The number of alkyl halides is 1. The van der Waals surface area contributed by atoms with E-state index in [-0.39, 0.29) is 5.75 Å². The highest BCUT2D eigenvalue weighted by atomic mass is 31.2. The Labute approximate surface area is 228 Å². The zero-order valence-electron chi connectivity index (χ0n) is 22.6. The van der Waals surface area contributed by atoms with Gasteiger partial charge in [0.15, 0.2) is 11.8 Å². The molecular weight excluding hydrogens is 557 g/mol. The summed E-state index contributed by atoms with van der Waals surface area (Å²) in [6, 6.07) is 7.90. The van der Waals surface area contributed by atoms with E-state index in [0.717, 1.165) is 0 Å². The Morgan fingerprint density at radius 2 is 1.88 bits per heavy atom. The molecule has 40 heavy (non-hydrogen) atoms. The van der Waals surface area contributed by atoms with Gasteiger partial charge in [0, 0.05) is 0 Å². The summed E-state index contributed by atoms with van der Waals surface area (Å²) in [6.45, 7) is 5.69. The minimum atomic E-state index is -4.30. The van der Waals surface area contributed by atoms with Crippen LogP contribution >= 0.6 is 7.60 Å². The number of esters is 1. The summed E-state index contributed by atoms with van der Waals surface area (Å²) >= 11 is 0. The van der Waals surface area contributed by atoms with E-state index in [2.05, 4.69) is 0 Å². The highest BCUT2D eigenvalue weighted by molar-refractivity contribution is 7.54. The number of aromatic nitrogens is 2. The van der Waals surface area contributed by atoms with E-state index in [1.54, 1.807) is 37.0 Å². The highest BCUT2D eigenvalue weighted by Gasteiger charge is 2.62. The quantitative estimate of drug-likeness (QED) is 0.261. The molecule has 1 saturated heterocycles.